The van der Waals surface area contributed by atoms with E-state index in [4.69, 9.17) is 22.7 Å². The van der Waals surface area contributed by atoms with E-state index < -0.39 is 18.2 Å². The van der Waals surface area contributed by atoms with Crippen LogP contribution < -0.4 is 5.73 Å². The number of benzene rings is 1. The second-order valence-electron chi connectivity index (χ2n) is 3.97. The maximum Gasteiger partial charge on any atom is 0.308 e. The largest absolute Gasteiger partial charge is 0.466 e. The van der Waals surface area contributed by atoms with Gasteiger partial charge in [0.1, 0.15) is 11.1 Å². The number of hydrogen-bond acceptors (Lipinski definition) is 5. The minimum absolute atomic E-state index is 0.123. The lowest BCUT2D eigenvalue weighted by molar-refractivity contribution is -0.147. The number of aliphatic hydroxyl groups excluding tert-OH is 2. The zero-order valence-corrected chi connectivity index (χ0v) is 11.4. The van der Waals surface area contributed by atoms with E-state index in [-0.39, 0.29) is 18.0 Å². The first kappa shape index (κ1) is 15.6. The minimum atomic E-state index is -1.27. The van der Waals surface area contributed by atoms with Crippen molar-refractivity contribution in [3.63, 3.8) is 0 Å². The molecule has 0 saturated heterocycles. The molecule has 0 fully saturated rings. The maximum absolute atomic E-state index is 11.3. The van der Waals surface area contributed by atoms with E-state index in [1.54, 1.807) is 31.2 Å². The van der Waals surface area contributed by atoms with Gasteiger partial charge in [-0.2, -0.15) is 0 Å². The molecule has 1 aromatic carbocycles. The molecule has 0 radical (unpaired) electrons. The van der Waals surface area contributed by atoms with Crippen LogP contribution in [0.25, 0.3) is 0 Å². The van der Waals surface area contributed by atoms with E-state index in [0.717, 1.165) is 0 Å². The second-order valence-corrected chi connectivity index (χ2v) is 4.41. The summed E-state index contributed by atoms with van der Waals surface area (Å²) >= 11 is 4.88. The third-order valence-corrected chi connectivity index (χ3v) is 2.81. The molecule has 0 spiro atoms. The molecule has 1 rings (SSSR count). The number of hydrogen-bond donors (Lipinski definition) is 3. The lowest BCUT2D eigenvalue weighted by Crippen LogP contribution is -2.25. The van der Waals surface area contributed by atoms with Crippen LogP contribution in [0.3, 0.4) is 0 Å². The molecule has 4 N–H and O–H groups in total. The summed E-state index contributed by atoms with van der Waals surface area (Å²) in [5, 5.41) is 19.9. The van der Waals surface area contributed by atoms with Crippen molar-refractivity contribution >= 4 is 23.2 Å². The van der Waals surface area contributed by atoms with E-state index >= 15 is 0 Å². The Hall–Kier alpha value is -1.50. The monoisotopic (exact) mass is 283 g/mol. The van der Waals surface area contributed by atoms with E-state index in [2.05, 4.69) is 0 Å². The van der Waals surface area contributed by atoms with Gasteiger partial charge in [-0.1, -0.05) is 36.5 Å². The van der Waals surface area contributed by atoms with Crippen molar-refractivity contribution in [1.82, 2.24) is 0 Å². The number of nitrogens with two attached hydrogens (primary N) is 1. The van der Waals surface area contributed by atoms with Crippen molar-refractivity contribution in [2.45, 2.75) is 25.6 Å². The van der Waals surface area contributed by atoms with Crippen molar-refractivity contribution in [1.29, 1.82) is 0 Å². The molecule has 0 bridgehead atoms. The fourth-order valence-electron chi connectivity index (χ4n) is 1.69. The van der Waals surface area contributed by atoms with E-state index in [1.807, 2.05) is 0 Å². The first-order valence-corrected chi connectivity index (χ1v) is 6.28. The third kappa shape index (κ3) is 4.27. The molecule has 6 heteroatoms. The molecule has 0 aromatic heterocycles. The van der Waals surface area contributed by atoms with Crippen LogP contribution >= 0.6 is 12.2 Å². The molecular formula is C13H17NO4S. The standard InChI is InChI=1S/C13H17NO4S/c1-2-18-11(16)7-10(15)12(17)8-5-3-4-6-9(8)13(14)19/h3-6,10,12,15,17H,2,7H2,1H3,(H2,14,19). The van der Waals surface area contributed by atoms with Gasteiger partial charge in [0.2, 0.25) is 0 Å². The first-order valence-electron chi connectivity index (χ1n) is 5.87. The summed E-state index contributed by atoms with van der Waals surface area (Å²) in [5.74, 6) is -0.568. The summed E-state index contributed by atoms with van der Waals surface area (Å²) in [5.41, 5.74) is 6.42. The number of rotatable bonds is 6. The fourth-order valence-corrected chi connectivity index (χ4v) is 1.87. The Kier molecular flexibility index (Phi) is 5.88. The van der Waals surface area contributed by atoms with Gasteiger partial charge in [-0.3, -0.25) is 4.79 Å². The summed E-state index contributed by atoms with van der Waals surface area (Å²) in [7, 11) is 0. The lowest BCUT2D eigenvalue weighted by atomic mass is 9.97. The highest BCUT2D eigenvalue weighted by molar-refractivity contribution is 7.80. The summed E-state index contributed by atoms with van der Waals surface area (Å²) in [6, 6.07) is 6.67. The number of carbonyl (C=O) groups excluding carboxylic acids is 1. The van der Waals surface area contributed by atoms with Crippen LogP contribution in [-0.2, 0) is 9.53 Å². The van der Waals surface area contributed by atoms with Gasteiger partial charge in [-0.05, 0) is 12.5 Å². The zero-order valence-electron chi connectivity index (χ0n) is 10.6. The smallest absolute Gasteiger partial charge is 0.308 e. The van der Waals surface area contributed by atoms with Gasteiger partial charge >= 0.3 is 5.97 Å². The molecule has 2 unspecified atom stereocenters. The van der Waals surface area contributed by atoms with Crippen molar-refractivity contribution in [2.75, 3.05) is 6.61 Å². The Morgan fingerprint density at radius 3 is 2.63 bits per heavy atom. The molecule has 0 aliphatic heterocycles. The Balaban J connectivity index is 2.85. The van der Waals surface area contributed by atoms with Crippen LogP contribution in [0.5, 0.6) is 0 Å². The quantitative estimate of drug-likeness (QED) is 0.525. The highest BCUT2D eigenvalue weighted by atomic mass is 32.1. The summed E-state index contributed by atoms with van der Waals surface area (Å²) in [6.45, 7) is 1.90. The number of esters is 1. The predicted molar refractivity (Wildman–Crippen MR) is 74.5 cm³/mol. The molecule has 0 aliphatic carbocycles. The minimum Gasteiger partial charge on any atom is -0.466 e. The SMILES string of the molecule is CCOC(=O)CC(O)C(O)c1ccccc1C(N)=S. The Bertz CT molecular complexity index is 464. The van der Waals surface area contributed by atoms with Gasteiger partial charge in [0.25, 0.3) is 0 Å². The van der Waals surface area contributed by atoms with Crippen molar-refractivity contribution in [2.24, 2.45) is 5.73 Å². The molecule has 104 valence electrons. The highest BCUT2D eigenvalue weighted by Crippen LogP contribution is 2.23. The lowest BCUT2D eigenvalue weighted by Gasteiger charge is -2.19. The van der Waals surface area contributed by atoms with Gasteiger partial charge < -0.3 is 20.7 Å². The van der Waals surface area contributed by atoms with E-state index in [1.165, 1.54) is 0 Å². The van der Waals surface area contributed by atoms with Crippen LogP contribution in [0.2, 0.25) is 0 Å². The highest BCUT2D eigenvalue weighted by Gasteiger charge is 2.24. The first-order chi connectivity index (χ1) is 8.97. The van der Waals surface area contributed by atoms with Gasteiger partial charge in [0.05, 0.1) is 19.1 Å². The Labute approximate surface area is 117 Å². The van der Waals surface area contributed by atoms with Crippen LogP contribution in [0.15, 0.2) is 24.3 Å². The molecule has 0 amide bonds. The maximum atomic E-state index is 11.3. The molecule has 0 aliphatic rings. The van der Waals surface area contributed by atoms with E-state index in [9.17, 15) is 15.0 Å². The summed E-state index contributed by atoms with van der Waals surface area (Å²) < 4.78 is 4.72. The molecule has 1 aromatic rings. The van der Waals surface area contributed by atoms with Crippen LogP contribution in [-0.4, -0.2) is 33.9 Å². The molecule has 0 saturated carbocycles. The normalized spacial score (nSPS) is 13.6. The average Bonchev–Trinajstić information content (AvgIpc) is 2.37. The van der Waals surface area contributed by atoms with Gasteiger partial charge in [0, 0.05) is 5.56 Å². The summed E-state index contributed by atoms with van der Waals surface area (Å²) in [4.78, 5) is 11.4. The van der Waals surface area contributed by atoms with Gasteiger partial charge in [0.15, 0.2) is 0 Å². The average molecular weight is 283 g/mol. The fraction of sp³-hybridized carbons (Fsp3) is 0.385. The number of aliphatic hydroxyl groups is 2. The molecule has 2 atom stereocenters. The molecular weight excluding hydrogens is 266 g/mol. The zero-order chi connectivity index (χ0) is 14.4. The number of thiocarbonyl (C=S) groups is 1. The second kappa shape index (κ2) is 7.18. The third-order valence-electron chi connectivity index (χ3n) is 2.59. The molecule has 5 nitrogen and oxygen atoms in total. The van der Waals surface area contributed by atoms with Crippen molar-refractivity contribution < 1.29 is 19.7 Å². The predicted octanol–water partition coefficient (Wildman–Crippen LogP) is 0.668. The van der Waals surface area contributed by atoms with Gasteiger partial charge in [-0.25, -0.2) is 0 Å². The number of carbonyl (C=O) groups is 1. The van der Waals surface area contributed by atoms with Crippen molar-refractivity contribution in [3.05, 3.63) is 35.4 Å². The van der Waals surface area contributed by atoms with Crippen molar-refractivity contribution in [3.8, 4) is 0 Å². The molecule has 0 heterocycles. The topological polar surface area (TPSA) is 92.8 Å². The van der Waals surface area contributed by atoms with Crippen LogP contribution in [0, 0.1) is 0 Å². The van der Waals surface area contributed by atoms with Gasteiger partial charge in [-0.15, -0.1) is 0 Å². The van der Waals surface area contributed by atoms with Crippen LogP contribution in [0.4, 0.5) is 0 Å². The Morgan fingerprint density at radius 2 is 2.05 bits per heavy atom. The van der Waals surface area contributed by atoms with E-state index in [0.29, 0.717) is 11.1 Å². The number of ether oxygens (including phenoxy) is 1. The van der Waals surface area contributed by atoms with Crippen LogP contribution in [0.1, 0.15) is 30.6 Å². The molecule has 19 heavy (non-hydrogen) atoms. The summed E-state index contributed by atoms with van der Waals surface area (Å²) in [6.07, 6.45) is -2.81. The Morgan fingerprint density at radius 1 is 1.42 bits per heavy atom.